The summed E-state index contributed by atoms with van der Waals surface area (Å²) in [6.07, 6.45) is 9.33. The molecule has 3 N–H and O–H groups in total. The monoisotopic (exact) mass is 387 g/mol. The van der Waals surface area contributed by atoms with Crippen molar-refractivity contribution in [1.82, 2.24) is 10.6 Å². The Balaban J connectivity index is 1.25. The van der Waals surface area contributed by atoms with Crippen LogP contribution in [0.4, 0.5) is 5.69 Å². The second kappa shape index (κ2) is 6.97. The van der Waals surface area contributed by atoms with Crippen molar-refractivity contribution in [1.29, 1.82) is 0 Å². The molecule has 1 saturated heterocycles. The van der Waals surface area contributed by atoms with Gasteiger partial charge in [0.25, 0.3) is 5.91 Å². The van der Waals surface area contributed by atoms with Crippen LogP contribution < -0.4 is 16.0 Å². The average molecular weight is 388 g/mol. The Morgan fingerprint density at radius 3 is 2.48 bits per heavy atom. The highest BCUT2D eigenvalue weighted by atomic mass is 35.5. The molecule has 4 bridgehead atoms. The van der Waals surface area contributed by atoms with E-state index in [0.717, 1.165) is 49.5 Å². The molecule has 146 valence electrons. The predicted molar refractivity (Wildman–Crippen MR) is 109 cm³/mol. The SMILES string of the molecule is O=C(NCC12CC3CC(CC(C3)C1)C2)c1cc(NC2CCNC2)ccc1Cl. The van der Waals surface area contributed by atoms with E-state index < -0.39 is 0 Å². The molecule has 0 aromatic heterocycles. The van der Waals surface area contributed by atoms with Crippen molar-refractivity contribution < 1.29 is 4.79 Å². The standard InChI is InChI=1S/C22H30ClN3O/c23-20-2-1-17(26-18-3-4-24-12-18)8-19(20)21(27)25-13-22-9-14-5-15(10-22)7-16(6-14)11-22/h1-2,8,14-16,18,24,26H,3-7,9-13H2,(H,25,27). The van der Waals surface area contributed by atoms with Crippen molar-refractivity contribution in [2.24, 2.45) is 23.2 Å². The van der Waals surface area contributed by atoms with Gasteiger partial charge in [0.15, 0.2) is 0 Å². The van der Waals surface area contributed by atoms with Gasteiger partial charge in [-0.25, -0.2) is 0 Å². The molecule has 5 fully saturated rings. The highest BCUT2D eigenvalue weighted by Gasteiger charge is 2.50. The van der Waals surface area contributed by atoms with Crippen molar-refractivity contribution in [3.05, 3.63) is 28.8 Å². The van der Waals surface area contributed by atoms with Crippen LogP contribution in [-0.2, 0) is 0 Å². The minimum atomic E-state index is -0.0241. The van der Waals surface area contributed by atoms with Crippen molar-refractivity contribution in [3.63, 3.8) is 0 Å². The molecule has 1 heterocycles. The molecule has 0 radical (unpaired) electrons. The second-order valence-electron chi connectivity index (χ2n) is 9.63. The van der Waals surface area contributed by atoms with E-state index >= 15 is 0 Å². The maximum Gasteiger partial charge on any atom is 0.252 e. The Hall–Kier alpha value is -1.26. The predicted octanol–water partition coefficient (Wildman–Crippen LogP) is 4.06. The van der Waals surface area contributed by atoms with Crippen molar-refractivity contribution >= 4 is 23.2 Å². The Bertz CT molecular complexity index is 693. The van der Waals surface area contributed by atoms with Gasteiger partial charge in [-0.1, -0.05) is 11.6 Å². The lowest BCUT2D eigenvalue weighted by atomic mass is 9.49. The topological polar surface area (TPSA) is 53.2 Å². The summed E-state index contributed by atoms with van der Waals surface area (Å²) in [5.74, 6) is 2.70. The molecule has 1 aromatic carbocycles. The molecule has 5 aliphatic rings. The fraction of sp³-hybridized carbons (Fsp3) is 0.682. The molecule has 1 aliphatic heterocycles. The summed E-state index contributed by atoms with van der Waals surface area (Å²) in [6.45, 7) is 2.83. The minimum Gasteiger partial charge on any atom is -0.381 e. The smallest absolute Gasteiger partial charge is 0.252 e. The number of halogens is 1. The van der Waals surface area contributed by atoms with Crippen LogP contribution in [0.3, 0.4) is 0 Å². The molecule has 6 rings (SSSR count). The summed E-state index contributed by atoms with van der Waals surface area (Å²) in [6, 6.07) is 6.15. The quantitative estimate of drug-likeness (QED) is 0.714. The van der Waals surface area contributed by atoms with E-state index in [2.05, 4.69) is 16.0 Å². The molecule has 1 amide bonds. The third-order valence-electron chi connectivity index (χ3n) is 7.43. The van der Waals surface area contributed by atoms with Gasteiger partial charge >= 0.3 is 0 Å². The lowest BCUT2D eigenvalue weighted by molar-refractivity contribution is -0.0503. The number of nitrogens with one attached hydrogen (secondary N) is 3. The van der Waals surface area contributed by atoms with Gasteiger partial charge in [0.2, 0.25) is 0 Å². The van der Waals surface area contributed by atoms with E-state index in [1.165, 1.54) is 38.5 Å². The number of benzene rings is 1. The molecule has 0 spiro atoms. The zero-order valence-corrected chi connectivity index (χ0v) is 16.7. The summed E-state index contributed by atoms with van der Waals surface area (Å²) in [5, 5.41) is 10.7. The maximum atomic E-state index is 12.9. The lowest BCUT2D eigenvalue weighted by Gasteiger charge is -2.56. The molecule has 4 nitrogen and oxygen atoms in total. The fourth-order valence-corrected chi connectivity index (χ4v) is 6.88. The zero-order chi connectivity index (χ0) is 18.4. The Morgan fingerprint density at radius 2 is 1.85 bits per heavy atom. The average Bonchev–Trinajstić information content (AvgIpc) is 3.13. The Labute approximate surface area is 166 Å². The largest absolute Gasteiger partial charge is 0.381 e. The minimum absolute atomic E-state index is 0.0241. The van der Waals surface area contributed by atoms with Crippen molar-refractivity contribution in [2.45, 2.75) is 51.0 Å². The summed E-state index contributed by atoms with van der Waals surface area (Å²) < 4.78 is 0. The highest BCUT2D eigenvalue weighted by molar-refractivity contribution is 6.34. The number of amides is 1. The summed E-state index contributed by atoms with van der Waals surface area (Å²) in [7, 11) is 0. The van der Waals surface area contributed by atoms with Gasteiger partial charge in [0, 0.05) is 24.8 Å². The van der Waals surface area contributed by atoms with Crippen LogP contribution in [-0.4, -0.2) is 31.6 Å². The van der Waals surface area contributed by atoms with Gasteiger partial charge in [0.05, 0.1) is 10.6 Å². The number of rotatable bonds is 5. The van der Waals surface area contributed by atoms with Gasteiger partial charge < -0.3 is 16.0 Å². The zero-order valence-electron chi connectivity index (χ0n) is 15.9. The summed E-state index contributed by atoms with van der Waals surface area (Å²) >= 11 is 6.36. The first kappa shape index (κ1) is 17.8. The Morgan fingerprint density at radius 1 is 1.15 bits per heavy atom. The number of hydrogen-bond acceptors (Lipinski definition) is 3. The van der Waals surface area contributed by atoms with Crippen molar-refractivity contribution in [3.8, 4) is 0 Å². The van der Waals surface area contributed by atoms with Crippen LogP contribution in [0.15, 0.2) is 18.2 Å². The van der Waals surface area contributed by atoms with Gasteiger partial charge in [-0.15, -0.1) is 0 Å². The highest BCUT2D eigenvalue weighted by Crippen LogP contribution is 2.59. The molecular weight excluding hydrogens is 358 g/mol. The van der Waals surface area contributed by atoms with E-state index in [-0.39, 0.29) is 5.91 Å². The van der Waals surface area contributed by atoms with Gasteiger partial charge in [-0.05, 0) is 92.9 Å². The fourth-order valence-electron chi connectivity index (χ4n) is 6.67. The molecule has 5 heteroatoms. The van der Waals surface area contributed by atoms with Crippen LogP contribution in [0.5, 0.6) is 0 Å². The third-order valence-corrected chi connectivity index (χ3v) is 7.76. The number of hydrogen-bond donors (Lipinski definition) is 3. The number of carbonyl (C=O) groups is 1. The summed E-state index contributed by atoms with van der Waals surface area (Å²) in [4.78, 5) is 12.9. The molecule has 4 saturated carbocycles. The van der Waals surface area contributed by atoms with Gasteiger partial charge in [-0.3, -0.25) is 4.79 Å². The molecule has 1 unspecified atom stereocenters. The number of carbonyl (C=O) groups excluding carboxylic acids is 1. The Kier molecular flexibility index (Phi) is 4.60. The van der Waals surface area contributed by atoms with Crippen LogP contribution in [0.1, 0.15) is 55.3 Å². The first-order valence-electron chi connectivity index (χ1n) is 10.6. The third kappa shape index (κ3) is 3.58. The molecule has 1 atom stereocenters. The van der Waals surface area contributed by atoms with E-state index in [1.807, 2.05) is 18.2 Å². The first-order chi connectivity index (χ1) is 13.1. The second-order valence-corrected chi connectivity index (χ2v) is 10.0. The molecule has 1 aromatic rings. The normalized spacial score (nSPS) is 36.8. The molecule has 4 aliphatic carbocycles. The van der Waals surface area contributed by atoms with Crippen LogP contribution in [0.25, 0.3) is 0 Å². The molecular formula is C22H30ClN3O. The van der Waals surface area contributed by atoms with Gasteiger partial charge in [0.1, 0.15) is 0 Å². The van der Waals surface area contributed by atoms with E-state index in [1.54, 1.807) is 0 Å². The number of anilines is 1. The first-order valence-corrected chi connectivity index (χ1v) is 11.0. The maximum absolute atomic E-state index is 12.9. The molecule has 27 heavy (non-hydrogen) atoms. The van der Waals surface area contributed by atoms with E-state index in [0.29, 0.717) is 22.0 Å². The van der Waals surface area contributed by atoms with E-state index in [9.17, 15) is 4.79 Å². The van der Waals surface area contributed by atoms with Crippen LogP contribution >= 0.6 is 11.6 Å². The van der Waals surface area contributed by atoms with Crippen LogP contribution in [0.2, 0.25) is 5.02 Å². The van der Waals surface area contributed by atoms with E-state index in [4.69, 9.17) is 11.6 Å². The van der Waals surface area contributed by atoms with Crippen molar-refractivity contribution in [2.75, 3.05) is 25.0 Å². The summed E-state index contributed by atoms with van der Waals surface area (Å²) in [5.41, 5.74) is 1.92. The lowest BCUT2D eigenvalue weighted by Crippen LogP contribution is -2.51. The van der Waals surface area contributed by atoms with Crippen LogP contribution in [0, 0.1) is 23.2 Å². The van der Waals surface area contributed by atoms with Gasteiger partial charge in [-0.2, -0.15) is 0 Å².